The van der Waals surface area contributed by atoms with Crippen LogP contribution in [0.2, 0.25) is 0 Å². The SMILES string of the molecule is CN1CCCc2cc(N=Nc3ccccc3C#N)ccc21. The molecule has 0 atom stereocenters. The second kappa shape index (κ2) is 5.76. The number of nitrogens with zero attached hydrogens (tertiary/aromatic N) is 4. The lowest BCUT2D eigenvalue weighted by atomic mass is 10.0. The molecule has 1 aliphatic heterocycles. The summed E-state index contributed by atoms with van der Waals surface area (Å²) in [6, 6.07) is 15.5. The number of anilines is 1. The van der Waals surface area contributed by atoms with Crippen LogP contribution in [-0.2, 0) is 6.42 Å². The van der Waals surface area contributed by atoms with Crippen LogP contribution in [0.1, 0.15) is 17.5 Å². The van der Waals surface area contributed by atoms with E-state index in [1.165, 1.54) is 17.7 Å². The maximum absolute atomic E-state index is 9.05. The van der Waals surface area contributed by atoms with Crippen LogP contribution in [0, 0.1) is 11.3 Å². The highest BCUT2D eigenvalue weighted by Gasteiger charge is 2.13. The van der Waals surface area contributed by atoms with Gasteiger partial charge in [0, 0.05) is 19.3 Å². The van der Waals surface area contributed by atoms with E-state index >= 15 is 0 Å². The number of hydrogen-bond donors (Lipinski definition) is 0. The number of fused-ring (bicyclic) bond motifs is 1. The van der Waals surface area contributed by atoms with Gasteiger partial charge in [-0.05, 0) is 48.7 Å². The molecule has 1 aliphatic rings. The van der Waals surface area contributed by atoms with E-state index in [1.54, 1.807) is 12.1 Å². The molecule has 1 heterocycles. The largest absolute Gasteiger partial charge is 0.374 e. The van der Waals surface area contributed by atoms with Crippen molar-refractivity contribution in [2.24, 2.45) is 10.2 Å². The van der Waals surface area contributed by atoms with Gasteiger partial charge in [-0.1, -0.05) is 12.1 Å². The molecule has 3 rings (SSSR count). The van der Waals surface area contributed by atoms with Gasteiger partial charge in [-0.3, -0.25) is 0 Å². The Labute approximate surface area is 124 Å². The van der Waals surface area contributed by atoms with Crippen LogP contribution < -0.4 is 4.90 Å². The Morgan fingerprint density at radius 2 is 2.00 bits per heavy atom. The Bertz CT molecular complexity index is 728. The van der Waals surface area contributed by atoms with Gasteiger partial charge in [-0.2, -0.15) is 10.4 Å². The molecule has 0 saturated carbocycles. The summed E-state index contributed by atoms with van der Waals surface area (Å²) < 4.78 is 0. The van der Waals surface area contributed by atoms with Crippen LogP contribution >= 0.6 is 0 Å². The van der Waals surface area contributed by atoms with Crippen molar-refractivity contribution in [2.45, 2.75) is 12.8 Å². The van der Waals surface area contributed by atoms with Crippen molar-refractivity contribution in [1.29, 1.82) is 5.26 Å². The second-order valence-corrected chi connectivity index (χ2v) is 5.17. The van der Waals surface area contributed by atoms with Gasteiger partial charge in [0.1, 0.15) is 11.8 Å². The van der Waals surface area contributed by atoms with Crippen molar-refractivity contribution in [2.75, 3.05) is 18.5 Å². The summed E-state index contributed by atoms with van der Waals surface area (Å²) in [7, 11) is 2.11. The van der Waals surface area contributed by atoms with Crippen LogP contribution in [0.4, 0.5) is 17.1 Å². The highest BCUT2D eigenvalue weighted by Crippen LogP contribution is 2.30. The molecule has 4 heteroatoms. The lowest BCUT2D eigenvalue weighted by Crippen LogP contribution is -2.24. The molecule has 0 fully saturated rings. The van der Waals surface area contributed by atoms with Gasteiger partial charge in [-0.25, -0.2) is 0 Å². The van der Waals surface area contributed by atoms with Gasteiger partial charge in [-0.15, -0.1) is 5.11 Å². The van der Waals surface area contributed by atoms with E-state index in [4.69, 9.17) is 5.26 Å². The van der Waals surface area contributed by atoms with Gasteiger partial charge in [0.05, 0.1) is 11.3 Å². The van der Waals surface area contributed by atoms with E-state index in [2.05, 4.69) is 40.4 Å². The van der Waals surface area contributed by atoms with Crippen molar-refractivity contribution in [3.63, 3.8) is 0 Å². The maximum Gasteiger partial charge on any atom is 0.103 e. The Balaban J connectivity index is 1.89. The highest BCUT2D eigenvalue weighted by atomic mass is 15.1. The average Bonchev–Trinajstić information content (AvgIpc) is 2.53. The molecule has 0 bridgehead atoms. The van der Waals surface area contributed by atoms with E-state index in [-0.39, 0.29) is 0 Å². The van der Waals surface area contributed by atoms with E-state index < -0.39 is 0 Å². The Kier molecular flexibility index (Phi) is 3.65. The molecule has 0 unspecified atom stereocenters. The number of hydrogen-bond acceptors (Lipinski definition) is 4. The monoisotopic (exact) mass is 276 g/mol. The molecule has 0 aliphatic carbocycles. The van der Waals surface area contributed by atoms with Crippen LogP contribution in [0.5, 0.6) is 0 Å². The Hall–Kier alpha value is -2.67. The molecule has 0 amide bonds. The summed E-state index contributed by atoms with van der Waals surface area (Å²) in [5.74, 6) is 0. The zero-order chi connectivity index (χ0) is 14.7. The van der Waals surface area contributed by atoms with Crippen LogP contribution in [0.15, 0.2) is 52.7 Å². The van der Waals surface area contributed by atoms with Crippen LogP contribution in [0.3, 0.4) is 0 Å². The van der Waals surface area contributed by atoms with Gasteiger partial charge < -0.3 is 4.90 Å². The quantitative estimate of drug-likeness (QED) is 0.765. The summed E-state index contributed by atoms with van der Waals surface area (Å²) in [6.45, 7) is 1.10. The van der Waals surface area contributed by atoms with E-state index in [0.717, 1.165) is 18.7 Å². The van der Waals surface area contributed by atoms with Crippen molar-refractivity contribution in [1.82, 2.24) is 0 Å². The first-order valence-electron chi connectivity index (χ1n) is 7.03. The van der Waals surface area contributed by atoms with Gasteiger partial charge in [0.15, 0.2) is 0 Å². The van der Waals surface area contributed by atoms with E-state index in [0.29, 0.717) is 11.3 Å². The van der Waals surface area contributed by atoms with Crippen molar-refractivity contribution < 1.29 is 0 Å². The van der Waals surface area contributed by atoms with Gasteiger partial charge >= 0.3 is 0 Å². The highest BCUT2D eigenvalue weighted by molar-refractivity contribution is 5.60. The number of aryl methyl sites for hydroxylation is 1. The average molecular weight is 276 g/mol. The molecule has 21 heavy (non-hydrogen) atoms. The summed E-state index contributed by atoms with van der Waals surface area (Å²) in [4.78, 5) is 2.27. The first kappa shape index (κ1) is 13.3. The summed E-state index contributed by atoms with van der Waals surface area (Å²) in [6.07, 6.45) is 2.25. The zero-order valence-electron chi connectivity index (χ0n) is 12.0. The molecular weight excluding hydrogens is 260 g/mol. The molecular formula is C17H16N4. The molecule has 2 aromatic rings. The maximum atomic E-state index is 9.05. The smallest absolute Gasteiger partial charge is 0.103 e. The molecule has 0 aromatic heterocycles. The van der Waals surface area contributed by atoms with Crippen LogP contribution in [0.25, 0.3) is 0 Å². The fourth-order valence-electron chi connectivity index (χ4n) is 2.60. The summed E-state index contributed by atoms with van der Waals surface area (Å²) in [5, 5.41) is 17.5. The number of nitriles is 1. The number of rotatable bonds is 2. The lowest BCUT2D eigenvalue weighted by Gasteiger charge is -2.27. The third-order valence-corrected chi connectivity index (χ3v) is 3.71. The zero-order valence-corrected chi connectivity index (χ0v) is 12.0. The number of benzene rings is 2. The molecule has 4 nitrogen and oxygen atoms in total. The Morgan fingerprint density at radius 1 is 1.14 bits per heavy atom. The number of azo groups is 1. The van der Waals surface area contributed by atoms with Crippen LogP contribution in [-0.4, -0.2) is 13.6 Å². The van der Waals surface area contributed by atoms with Gasteiger partial charge in [0.25, 0.3) is 0 Å². The molecule has 0 spiro atoms. The van der Waals surface area contributed by atoms with Crippen molar-refractivity contribution >= 4 is 17.1 Å². The predicted molar refractivity (Wildman–Crippen MR) is 83.4 cm³/mol. The third kappa shape index (κ3) is 2.77. The molecule has 0 radical (unpaired) electrons. The Morgan fingerprint density at radius 3 is 2.86 bits per heavy atom. The first-order chi connectivity index (χ1) is 10.3. The molecule has 0 N–H and O–H groups in total. The molecule has 2 aromatic carbocycles. The molecule has 0 saturated heterocycles. The third-order valence-electron chi connectivity index (χ3n) is 3.71. The van der Waals surface area contributed by atoms with E-state index in [9.17, 15) is 0 Å². The first-order valence-corrected chi connectivity index (χ1v) is 7.03. The fraction of sp³-hybridized carbons (Fsp3) is 0.235. The minimum atomic E-state index is 0.541. The van der Waals surface area contributed by atoms with Crippen molar-refractivity contribution in [3.8, 4) is 6.07 Å². The predicted octanol–water partition coefficient (Wildman–Crippen LogP) is 4.36. The van der Waals surface area contributed by atoms with Crippen molar-refractivity contribution in [3.05, 3.63) is 53.6 Å². The fourth-order valence-corrected chi connectivity index (χ4v) is 2.60. The normalized spacial score (nSPS) is 14.0. The lowest BCUT2D eigenvalue weighted by molar-refractivity contribution is 0.744. The molecule has 104 valence electrons. The van der Waals surface area contributed by atoms with Gasteiger partial charge in [0.2, 0.25) is 0 Å². The summed E-state index contributed by atoms with van der Waals surface area (Å²) >= 11 is 0. The topological polar surface area (TPSA) is 51.8 Å². The summed E-state index contributed by atoms with van der Waals surface area (Å²) in [5.41, 5.74) is 4.57. The minimum absolute atomic E-state index is 0.541. The minimum Gasteiger partial charge on any atom is -0.374 e. The standard InChI is InChI=1S/C17H16N4/c1-21-10-4-6-13-11-15(8-9-17(13)21)19-20-16-7-3-2-5-14(16)12-18/h2-3,5,7-9,11H,4,6,10H2,1H3. The van der Waals surface area contributed by atoms with E-state index in [1.807, 2.05) is 18.2 Å². The second-order valence-electron chi connectivity index (χ2n) is 5.17.